The number of nitrogens with one attached hydrogen (secondary N) is 2. The van der Waals surface area contributed by atoms with Crippen molar-refractivity contribution in [3.63, 3.8) is 0 Å². The highest BCUT2D eigenvalue weighted by atomic mass is 79.9. The number of fused-ring (bicyclic) bond motifs is 1. The number of nitrogens with zero attached hydrogens (tertiary/aromatic N) is 6. The summed E-state index contributed by atoms with van der Waals surface area (Å²) in [4.78, 5) is 35.4. The van der Waals surface area contributed by atoms with Crippen LogP contribution in [0.5, 0.6) is 0 Å². The number of carbonyl (C=O) groups excluding carboxylic acids is 1. The van der Waals surface area contributed by atoms with Crippen molar-refractivity contribution >= 4 is 39.1 Å². The van der Waals surface area contributed by atoms with E-state index in [-0.39, 0.29) is 23.8 Å². The van der Waals surface area contributed by atoms with E-state index in [0.717, 1.165) is 33.8 Å². The van der Waals surface area contributed by atoms with Gasteiger partial charge in [-0.1, -0.05) is 0 Å². The van der Waals surface area contributed by atoms with Gasteiger partial charge in [0.25, 0.3) is 0 Å². The van der Waals surface area contributed by atoms with Crippen molar-refractivity contribution < 1.29 is 4.79 Å². The molecule has 0 saturated heterocycles. The molecule has 9 nitrogen and oxygen atoms in total. The third kappa shape index (κ3) is 4.69. The molecule has 2 fully saturated rings. The van der Waals surface area contributed by atoms with Gasteiger partial charge in [-0.3, -0.25) is 4.79 Å². The lowest BCUT2D eigenvalue weighted by Crippen LogP contribution is -2.17. The molecule has 36 heavy (non-hydrogen) atoms. The van der Waals surface area contributed by atoms with E-state index in [2.05, 4.69) is 69.4 Å². The molecule has 2 N–H and O–H groups in total. The Labute approximate surface area is 217 Å². The molecule has 4 aromatic rings. The topological polar surface area (TPSA) is 110 Å². The first-order chi connectivity index (χ1) is 17.3. The molecule has 2 aliphatic rings. The Bertz CT molecular complexity index is 1480. The number of hydrogen-bond acceptors (Lipinski definition) is 7. The molecule has 0 bridgehead atoms. The second-order valence-electron chi connectivity index (χ2n) is 9.84. The Morgan fingerprint density at radius 1 is 1.11 bits per heavy atom. The van der Waals surface area contributed by atoms with Crippen molar-refractivity contribution in [1.82, 2.24) is 29.3 Å². The van der Waals surface area contributed by atoms with Crippen LogP contribution in [0.25, 0.3) is 5.65 Å². The summed E-state index contributed by atoms with van der Waals surface area (Å²) >= 11 is 3.68. The Kier molecular flexibility index (Phi) is 5.70. The van der Waals surface area contributed by atoms with Crippen LogP contribution in [0.2, 0.25) is 0 Å². The van der Waals surface area contributed by atoms with Gasteiger partial charge < -0.3 is 15.0 Å². The molecule has 0 aromatic carbocycles. The number of hydrogen-bond donors (Lipinski definition) is 2. The van der Waals surface area contributed by atoms with Crippen LogP contribution in [0.3, 0.4) is 0 Å². The zero-order valence-electron chi connectivity index (χ0n) is 20.4. The quantitative estimate of drug-likeness (QED) is 0.332. The largest absolute Gasteiger partial charge is 0.362 e. The Balaban J connectivity index is 1.15. The maximum Gasteiger partial charge on any atom is 0.229 e. The SMILES string of the molecule is Cc1ccnc([C@H]2C[C@@H]2C(=O)Nc2cc(N[C@H](C)c3cn4cc(C5CC5)cc(Br)c4n3)nc(C)n2)n1. The van der Waals surface area contributed by atoms with Gasteiger partial charge >= 0.3 is 0 Å². The van der Waals surface area contributed by atoms with E-state index in [9.17, 15) is 4.79 Å². The number of imidazole rings is 1. The molecule has 0 radical (unpaired) electrons. The molecule has 3 atom stereocenters. The van der Waals surface area contributed by atoms with E-state index < -0.39 is 0 Å². The Morgan fingerprint density at radius 3 is 2.69 bits per heavy atom. The van der Waals surface area contributed by atoms with Gasteiger partial charge in [0.1, 0.15) is 23.3 Å². The van der Waals surface area contributed by atoms with E-state index in [0.29, 0.717) is 23.4 Å². The van der Waals surface area contributed by atoms with Crippen LogP contribution >= 0.6 is 15.9 Å². The summed E-state index contributed by atoms with van der Waals surface area (Å²) in [7, 11) is 0. The minimum atomic E-state index is -0.144. The minimum Gasteiger partial charge on any atom is -0.362 e. The molecule has 0 unspecified atom stereocenters. The van der Waals surface area contributed by atoms with Crippen molar-refractivity contribution in [2.75, 3.05) is 10.6 Å². The fraction of sp³-hybridized carbons (Fsp3) is 0.385. The smallest absolute Gasteiger partial charge is 0.229 e. The molecule has 4 heterocycles. The summed E-state index contributed by atoms with van der Waals surface area (Å²) in [5.41, 5.74) is 4.05. The molecule has 4 aromatic heterocycles. The summed E-state index contributed by atoms with van der Waals surface area (Å²) in [6.07, 6.45) is 9.23. The lowest BCUT2D eigenvalue weighted by Gasteiger charge is -2.14. The molecule has 2 aliphatic carbocycles. The standard InChI is InChI=1S/C26H27BrN8O/c1-13-6-7-28-24(29-13)18-9-19(18)26(36)34-23-10-22(31-15(3)32-23)30-14(2)21-12-35-11-17(16-4-5-16)8-20(27)25(35)33-21/h6-8,10-12,14,16,18-19H,4-5,9H2,1-3H3,(H2,30,31,32,34,36)/t14-,18+,19+/m1/s1. The Hall–Kier alpha value is -3.40. The number of rotatable bonds is 7. The van der Waals surface area contributed by atoms with Crippen molar-refractivity contribution in [3.05, 3.63) is 69.9 Å². The van der Waals surface area contributed by atoms with Gasteiger partial charge in [-0.2, -0.15) is 0 Å². The van der Waals surface area contributed by atoms with Crippen molar-refractivity contribution in [1.29, 1.82) is 0 Å². The van der Waals surface area contributed by atoms with E-state index in [4.69, 9.17) is 4.98 Å². The van der Waals surface area contributed by atoms with Crippen molar-refractivity contribution in [2.24, 2.45) is 5.92 Å². The minimum absolute atomic E-state index is 0.0558. The normalized spacial score (nSPS) is 19.8. The van der Waals surface area contributed by atoms with E-state index >= 15 is 0 Å². The molecule has 10 heteroatoms. The number of anilines is 2. The molecule has 1 amide bonds. The van der Waals surface area contributed by atoms with Gasteiger partial charge in [-0.05, 0) is 79.6 Å². The molecular weight excluding hydrogens is 520 g/mol. The zero-order valence-corrected chi connectivity index (χ0v) is 22.0. The van der Waals surface area contributed by atoms with Crippen LogP contribution in [-0.2, 0) is 4.79 Å². The second-order valence-corrected chi connectivity index (χ2v) is 10.7. The van der Waals surface area contributed by atoms with Crippen LogP contribution in [0, 0.1) is 19.8 Å². The van der Waals surface area contributed by atoms with Gasteiger partial charge in [0.15, 0.2) is 5.65 Å². The number of carbonyl (C=O) groups is 1. The predicted octanol–water partition coefficient (Wildman–Crippen LogP) is 5.09. The van der Waals surface area contributed by atoms with E-state index in [1.165, 1.54) is 18.4 Å². The van der Waals surface area contributed by atoms with Gasteiger partial charge in [0, 0.05) is 42.2 Å². The lowest BCUT2D eigenvalue weighted by atomic mass is 10.2. The third-order valence-corrected chi connectivity index (χ3v) is 7.35. The maximum absolute atomic E-state index is 12.9. The first-order valence-electron chi connectivity index (χ1n) is 12.2. The molecule has 2 saturated carbocycles. The highest BCUT2D eigenvalue weighted by molar-refractivity contribution is 9.10. The predicted molar refractivity (Wildman–Crippen MR) is 140 cm³/mol. The fourth-order valence-electron chi connectivity index (χ4n) is 4.58. The summed E-state index contributed by atoms with van der Waals surface area (Å²) in [5, 5.41) is 6.37. The first kappa shape index (κ1) is 23.0. The number of aromatic nitrogens is 6. The van der Waals surface area contributed by atoms with Gasteiger partial charge in [0.05, 0.1) is 16.2 Å². The highest BCUT2D eigenvalue weighted by Crippen LogP contribution is 2.46. The first-order valence-corrected chi connectivity index (χ1v) is 13.0. The van der Waals surface area contributed by atoms with Crippen LogP contribution in [-0.4, -0.2) is 35.2 Å². The van der Waals surface area contributed by atoms with Crippen molar-refractivity contribution in [3.8, 4) is 0 Å². The summed E-state index contributed by atoms with van der Waals surface area (Å²) in [6, 6.07) is 5.71. The van der Waals surface area contributed by atoms with Crippen LogP contribution in [0.4, 0.5) is 11.6 Å². The third-order valence-electron chi connectivity index (χ3n) is 6.76. The molecule has 0 spiro atoms. The summed E-state index contributed by atoms with van der Waals surface area (Å²) < 4.78 is 3.09. The molecule has 6 rings (SSSR count). The van der Waals surface area contributed by atoms with Crippen LogP contribution in [0.1, 0.15) is 72.7 Å². The molecule has 0 aliphatic heterocycles. The molecule has 184 valence electrons. The van der Waals surface area contributed by atoms with Gasteiger partial charge in [0.2, 0.25) is 5.91 Å². The highest BCUT2D eigenvalue weighted by Gasteiger charge is 2.46. The number of amides is 1. The van der Waals surface area contributed by atoms with Gasteiger partial charge in [-0.25, -0.2) is 24.9 Å². The van der Waals surface area contributed by atoms with Gasteiger partial charge in [-0.15, -0.1) is 0 Å². The Morgan fingerprint density at radius 2 is 1.92 bits per heavy atom. The lowest BCUT2D eigenvalue weighted by molar-refractivity contribution is -0.117. The molecular formula is C26H27BrN8O. The van der Waals surface area contributed by atoms with Crippen molar-refractivity contribution in [2.45, 2.75) is 57.9 Å². The summed E-state index contributed by atoms with van der Waals surface area (Å²) in [6.45, 7) is 5.79. The number of pyridine rings is 1. The van der Waals surface area contributed by atoms with E-state index in [1.807, 2.05) is 26.8 Å². The van der Waals surface area contributed by atoms with E-state index in [1.54, 1.807) is 12.3 Å². The zero-order chi connectivity index (χ0) is 25.0. The monoisotopic (exact) mass is 546 g/mol. The average molecular weight is 547 g/mol. The average Bonchev–Trinajstić information content (AvgIpc) is 3.75. The maximum atomic E-state index is 12.9. The van der Waals surface area contributed by atoms with Crippen LogP contribution in [0.15, 0.2) is 41.3 Å². The van der Waals surface area contributed by atoms with Crippen LogP contribution < -0.4 is 10.6 Å². The summed E-state index contributed by atoms with van der Waals surface area (Å²) in [5.74, 6) is 2.92. The second kappa shape index (κ2) is 8.92. The number of halogens is 1. The fourth-order valence-corrected chi connectivity index (χ4v) is 5.14. The number of aryl methyl sites for hydroxylation is 2.